The van der Waals surface area contributed by atoms with Crippen LogP contribution in [0.5, 0.6) is 0 Å². The van der Waals surface area contributed by atoms with E-state index >= 15 is 0 Å². The highest BCUT2D eigenvalue weighted by molar-refractivity contribution is 5.23. The second-order valence-electron chi connectivity index (χ2n) is 8.21. The predicted molar refractivity (Wildman–Crippen MR) is 134 cm³/mol. The van der Waals surface area contributed by atoms with E-state index in [0.29, 0.717) is 25.5 Å². The van der Waals surface area contributed by atoms with Crippen LogP contribution in [0.2, 0.25) is 0 Å². The molecule has 0 aliphatic carbocycles. The fraction of sp³-hybridized carbons (Fsp3) is 0.241. The third-order valence-corrected chi connectivity index (χ3v) is 5.49. The summed E-state index contributed by atoms with van der Waals surface area (Å²) in [6, 6.07) is 29.6. The van der Waals surface area contributed by atoms with Gasteiger partial charge in [0.25, 0.3) is 0 Å². The zero-order chi connectivity index (χ0) is 24.1. The summed E-state index contributed by atoms with van der Waals surface area (Å²) in [7, 11) is 0. The lowest BCUT2D eigenvalue weighted by Gasteiger charge is -2.29. The van der Waals surface area contributed by atoms with Gasteiger partial charge in [0.05, 0.1) is 38.3 Å². The molecule has 0 saturated carbocycles. The van der Waals surface area contributed by atoms with Crippen molar-refractivity contribution in [3.8, 4) is 0 Å². The normalized spacial score (nSPS) is 16.4. The molecule has 0 spiro atoms. The number of aliphatic hydroxyl groups excluding tert-OH is 1. The van der Waals surface area contributed by atoms with Crippen molar-refractivity contribution >= 4 is 0 Å². The van der Waals surface area contributed by atoms with Gasteiger partial charge < -0.3 is 19.3 Å². The molecule has 6 nitrogen and oxygen atoms in total. The summed E-state index contributed by atoms with van der Waals surface area (Å²) >= 11 is 0. The molecule has 180 valence electrons. The molecule has 0 fully saturated rings. The number of aliphatic hydroxyl groups is 1. The Morgan fingerprint density at radius 1 is 0.714 bits per heavy atom. The molecule has 3 aromatic rings. The number of hydrogen-bond donors (Lipinski definition) is 1. The molecule has 1 aliphatic rings. The summed E-state index contributed by atoms with van der Waals surface area (Å²) in [5.74, 6) is 0. The Bertz CT molecular complexity index is 1090. The highest BCUT2D eigenvalue weighted by atomic mass is 16.6. The molecule has 1 heterocycles. The Balaban J connectivity index is 1.49. The number of azo groups is 1. The van der Waals surface area contributed by atoms with Crippen LogP contribution in [-0.2, 0) is 34.0 Å². The fourth-order valence-electron chi connectivity index (χ4n) is 3.66. The molecule has 0 saturated heterocycles. The van der Waals surface area contributed by atoms with E-state index in [1.54, 1.807) is 12.3 Å². The van der Waals surface area contributed by atoms with Crippen molar-refractivity contribution in [3.63, 3.8) is 0 Å². The number of allylic oxidation sites excluding steroid dienone is 1. The van der Waals surface area contributed by atoms with Crippen molar-refractivity contribution < 1.29 is 19.3 Å². The van der Waals surface area contributed by atoms with E-state index in [1.165, 1.54) is 0 Å². The first-order valence-electron chi connectivity index (χ1n) is 11.7. The Kier molecular flexibility index (Phi) is 9.50. The van der Waals surface area contributed by atoms with Crippen LogP contribution in [-0.4, -0.2) is 30.0 Å². The van der Waals surface area contributed by atoms with Crippen LogP contribution in [0.3, 0.4) is 0 Å². The van der Waals surface area contributed by atoms with Gasteiger partial charge in [-0.25, -0.2) is 0 Å². The molecule has 1 N–H and O–H groups in total. The molecule has 6 heteroatoms. The van der Waals surface area contributed by atoms with Gasteiger partial charge in [-0.05, 0) is 28.8 Å². The number of rotatable bonds is 13. The van der Waals surface area contributed by atoms with Crippen LogP contribution >= 0.6 is 0 Å². The minimum Gasteiger partial charge on any atom is -0.388 e. The molecule has 3 atom stereocenters. The van der Waals surface area contributed by atoms with Gasteiger partial charge in [-0.2, -0.15) is 10.2 Å². The van der Waals surface area contributed by atoms with Crippen molar-refractivity contribution in [2.24, 2.45) is 10.2 Å². The second kappa shape index (κ2) is 13.5. The van der Waals surface area contributed by atoms with E-state index in [1.807, 2.05) is 97.1 Å². The third-order valence-electron chi connectivity index (χ3n) is 5.49. The van der Waals surface area contributed by atoms with E-state index in [2.05, 4.69) is 10.2 Å². The van der Waals surface area contributed by atoms with Crippen LogP contribution in [0.4, 0.5) is 0 Å². The summed E-state index contributed by atoms with van der Waals surface area (Å²) < 4.78 is 18.4. The van der Waals surface area contributed by atoms with Gasteiger partial charge in [-0.1, -0.05) is 91.0 Å². The zero-order valence-electron chi connectivity index (χ0n) is 19.5. The lowest BCUT2D eigenvalue weighted by molar-refractivity contribution is -0.134. The number of nitrogens with zero attached hydrogens (tertiary/aromatic N) is 2. The standard InChI is InChI=1S/C29H30N2O4/c32-27(22-33-19-23-10-4-1-5-11-23)29(35-21-25-14-8-3-9-15-25)28(18-26-16-17-30-31-26)34-20-24-12-6-2-7-13-24/h1-18,27-29,32H,19-22H2/b26-18-. The monoisotopic (exact) mass is 470 g/mol. The van der Waals surface area contributed by atoms with Crippen molar-refractivity contribution in [1.82, 2.24) is 0 Å². The molecular weight excluding hydrogens is 440 g/mol. The molecule has 0 amide bonds. The Morgan fingerprint density at radius 3 is 1.80 bits per heavy atom. The van der Waals surface area contributed by atoms with Gasteiger partial charge in [-0.3, -0.25) is 0 Å². The smallest absolute Gasteiger partial charge is 0.116 e. The van der Waals surface area contributed by atoms with Gasteiger partial charge in [0.2, 0.25) is 0 Å². The number of ether oxygens (including phenoxy) is 3. The summed E-state index contributed by atoms with van der Waals surface area (Å²) in [4.78, 5) is 0. The van der Waals surface area contributed by atoms with Crippen LogP contribution < -0.4 is 0 Å². The summed E-state index contributed by atoms with van der Waals surface area (Å²) in [6.45, 7) is 1.18. The Morgan fingerprint density at radius 2 is 1.26 bits per heavy atom. The molecule has 0 radical (unpaired) electrons. The van der Waals surface area contributed by atoms with E-state index in [4.69, 9.17) is 14.2 Å². The summed E-state index contributed by atoms with van der Waals surface area (Å²) in [5.41, 5.74) is 3.73. The van der Waals surface area contributed by atoms with E-state index in [0.717, 1.165) is 16.7 Å². The minimum absolute atomic E-state index is 0.0973. The molecule has 3 unspecified atom stereocenters. The molecule has 35 heavy (non-hydrogen) atoms. The maximum atomic E-state index is 11.2. The molecular formula is C29H30N2O4. The lowest BCUT2D eigenvalue weighted by Crippen LogP contribution is -2.43. The molecule has 0 bridgehead atoms. The maximum absolute atomic E-state index is 11.2. The highest BCUT2D eigenvalue weighted by Gasteiger charge is 2.30. The largest absolute Gasteiger partial charge is 0.388 e. The van der Waals surface area contributed by atoms with Crippen molar-refractivity contribution in [2.45, 2.75) is 38.1 Å². The van der Waals surface area contributed by atoms with E-state index < -0.39 is 18.3 Å². The Labute approximate surface area is 206 Å². The zero-order valence-corrected chi connectivity index (χ0v) is 19.5. The van der Waals surface area contributed by atoms with Gasteiger partial charge in [-0.15, -0.1) is 0 Å². The number of benzene rings is 3. The van der Waals surface area contributed by atoms with Crippen molar-refractivity contribution in [1.29, 1.82) is 0 Å². The van der Waals surface area contributed by atoms with Gasteiger partial charge in [0.1, 0.15) is 18.3 Å². The quantitative estimate of drug-likeness (QED) is 0.353. The topological polar surface area (TPSA) is 72.6 Å². The first-order chi connectivity index (χ1) is 17.3. The van der Waals surface area contributed by atoms with E-state index in [-0.39, 0.29) is 6.61 Å². The SMILES string of the molecule is OC(COCc1ccccc1)C(OCc1ccccc1)C(/C=C1/C=CN=N1)OCc1ccccc1. The van der Waals surface area contributed by atoms with Crippen LogP contribution in [0.15, 0.2) is 125 Å². The van der Waals surface area contributed by atoms with Gasteiger partial charge >= 0.3 is 0 Å². The average molecular weight is 471 g/mol. The lowest BCUT2D eigenvalue weighted by atomic mass is 10.1. The molecule has 1 aliphatic heterocycles. The first kappa shape index (κ1) is 24.7. The van der Waals surface area contributed by atoms with Crippen LogP contribution in [0.1, 0.15) is 16.7 Å². The predicted octanol–water partition coefficient (Wildman–Crippen LogP) is 5.60. The highest BCUT2D eigenvalue weighted by Crippen LogP contribution is 2.20. The maximum Gasteiger partial charge on any atom is 0.116 e. The molecule has 3 aromatic carbocycles. The fourth-order valence-corrected chi connectivity index (χ4v) is 3.66. The Hall–Kier alpha value is -3.42. The van der Waals surface area contributed by atoms with Gasteiger partial charge in [0.15, 0.2) is 0 Å². The van der Waals surface area contributed by atoms with Crippen LogP contribution in [0.25, 0.3) is 0 Å². The summed E-state index contributed by atoms with van der Waals surface area (Å²) in [6.07, 6.45) is 3.07. The average Bonchev–Trinajstić information content (AvgIpc) is 3.42. The molecule has 0 aromatic heterocycles. The van der Waals surface area contributed by atoms with Gasteiger partial charge in [0, 0.05) is 0 Å². The summed E-state index contributed by atoms with van der Waals surface area (Å²) in [5, 5.41) is 19.2. The third kappa shape index (κ3) is 8.09. The number of hydrogen-bond acceptors (Lipinski definition) is 6. The van der Waals surface area contributed by atoms with Crippen molar-refractivity contribution in [3.05, 3.63) is 132 Å². The van der Waals surface area contributed by atoms with E-state index in [9.17, 15) is 5.11 Å². The van der Waals surface area contributed by atoms with Crippen molar-refractivity contribution in [2.75, 3.05) is 6.61 Å². The second-order valence-corrected chi connectivity index (χ2v) is 8.21. The molecule has 4 rings (SSSR count). The minimum atomic E-state index is -0.928. The first-order valence-corrected chi connectivity index (χ1v) is 11.7. The van der Waals surface area contributed by atoms with Crippen LogP contribution in [0, 0.1) is 0 Å².